The molecule has 0 aromatic heterocycles. The fourth-order valence-electron chi connectivity index (χ4n) is 4.93. The SMILES string of the molecule is Cc1ccc(N2[CH-]N(c3[c-]c(Oc4[c-]c(N5C=CN(C)[CH-]5)ccc4)ccc3)c3ccccc3C2(C)C)cc1.[Pt+4]. The number of hydrogen-bond acceptors (Lipinski definition) is 5. The molecule has 2 heterocycles. The first-order valence-electron chi connectivity index (χ1n) is 12.7. The summed E-state index contributed by atoms with van der Waals surface area (Å²) in [4.78, 5) is 8.51. The third kappa shape index (κ3) is 5.29. The van der Waals surface area contributed by atoms with Crippen LogP contribution in [-0.4, -0.2) is 11.9 Å². The maximum absolute atomic E-state index is 6.25. The third-order valence-electron chi connectivity index (χ3n) is 7.00. The van der Waals surface area contributed by atoms with Gasteiger partial charge in [-0.3, -0.25) is 0 Å². The minimum Gasteiger partial charge on any atom is -0.510 e. The van der Waals surface area contributed by atoms with Gasteiger partial charge in [-0.25, -0.2) is 0 Å². The molecule has 0 radical (unpaired) electrons. The van der Waals surface area contributed by atoms with Gasteiger partial charge in [0.1, 0.15) is 0 Å². The molecule has 198 valence electrons. The number of anilines is 4. The Labute approximate surface area is 246 Å². The van der Waals surface area contributed by atoms with Gasteiger partial charge >= 0.3 is 21.1 Å². The summed E-state index contributed by atoms with van der Waals surface area (Å²) >= 11 is 0. The summed E-state index contributed by atoms with van der Waals surface area (Å²) in [5.41, 5.74) is 6.32. The Balaban J connectivity index is 0.00000308. The van der Waals surface area contributed by atoms with Crippen molar-refractivity contribution in [2.45, 2.75) is 26.3 Å². The number of hydrogen-bond donors (Lipinski definition) is 0. The molecule has 0 atom stereocenters. The van der Waals surface area contributed by atoms with E-state index in [1.165, 1.54) is 11.1 Å². The number of aryl methyl sites for hydroxylation is 1. The van der Waals surface area contributed by atoms with Crippen LogP contribution in [0.3, 0.4) is 0 Å². The Morgan fingerprint density at radius 2 is 1.41 bits per heavy atom. The third-order valence-corrected chi connectivity index (χ3v) is 7.00. The molecule has 0 fully saturated rings. The van der Waals surface area contributed by atoms with Gasteiger partial charge in [0.05, 0.1) is 0 Å². The van der Waals surface area contributed by atoms with Crippen LogP contribution in [0.25, 0.3) is 0 Å². The summed E-state index contributed by atoms with van der Waals surface area (Å²) in [6.45, 7) is 10.8. The quantitative estimate of drug-likeness (QED) is 0.199. The maximum atomic E-state index is 6.25. The molecule has 4 aromatic carbocycles. The smallest absolute Gasteiger partial charge is 0.510 e. The monoisotopic (exact) mass is 693 g/mol. The summed E-state index contributed by atoms with van der Waals surface area (Å²) in [7, 11) is 1.99. The van der Waals surface area contributed by atoms with E-state index >= 15 is 0 Å². The minimum absolute atomic E-state index is 0. The zero-order valence-electron chi connectivity index (χ0n) is 22.4. The molecule has 2 aliphatic rings. The predicted octanol–water partition coefficient (Wildman–Crippen LogP) is 7.74. The van der Waals surface area contributed by atoms with Crippen LogP contribution in [0.15, 0.2) is 97.3 Å². The molecule has 0 amide bonds. The van der Waals surface area contributed by atoms with E-state index in [4.69, 9.17) is 4.74 Å². The molecule has 0 aliphatic carbocycles. The van der Waals surface area contributed by atoms with Crippen LogP contribution in [0.4, 0.5) is 22.7 Å². The minimum atomic E-state index is -0.235. The molecule has 4 aromatic rings. The number of ether oxygens (including phenoxy) is 1. The Morgan fingerprint density at radius 1 is 0.744 bits per heavy atom. The van der Waals surface area contributed by atoms with E-state index in [1.54, 1.807) is 0 Å². The second kappa shape index (κ2) is 10.8. The zero-order valence-corrected chi connectivity index (χ0v) is 24.7. The number of para-hydroxylation sites is 1. The molecule has 6 rings (SSSR count). The van der Waals surface area contributed by atoms with Crippen molar-refractivity contribution in [3.63, 3.8) is 0 Å². The molecule has 0 saturated heterocycles. The van der Waals surface area contributed by atoms with Gasteiger partial charge in [-0.1, -0.05) is 35.9 Å². The molecule has 0 N–H and O–H groups in total. The second-order valence-corrected chi connectivity index (χ2v) is 10.2. The summed E-state index contributed by atoms with van der Waals surface area (Å²) < 4.78 is 6.25. The van der Waals surface area contributed by atoms with E-state index in [-0.39, 0.29) is 26.6 Å². The second-order valence-electron chi connectivity index (χ2n) is 10.2. The topological polar surface area (TPSA) is 22.2 Å². The fourth-order valence-corrected chi connectivity index (χ4v) is 4.93. The molecular formula is C33H30N4OPt. The van der Waals surface area contributed by atoms with Crippen LogP contribution in [0.1, 0.15) is 25.0 Å². The molecule has 39 heavy (non-hydrogen) atoms. The van der Waals surface area contributed by atoms with Gasteiger partial charge in [-0.15, -0.1) is 47.8 Å². The molecule has 6 heteroatoms. The van der Waals surface area contributed by atoms with Crippen molar-refractivity contribution in [3.8, 4) is 11.5 Å². The zero-order chi connectivity index (χ0) is 26.3. The van der Waals surface area contributed by atoms with Gasteiger partial charge in [0.25, 0.3) is 0 Å². The average molecular weight is 694 g/mol. The van der Waals surface area contributed by atoms with Crippen LogP contribution < -0.4 is 19.4 Å². The normalized spacial score (nSPS) is 15.7. The molecule has 0 unspecified atom stereocenters. The Bertz CT molecular complexity index is 1480. The van der Waals surface area contributed by atoms with Crippen molar-refractivity contribution in [1.82, 2.24) is 4.90 Å². The molecule has 5 nitrogen and oxygen atoms in total. The predicted molar refractivity (Wildman–Crippen MR) is 154 cm³/mol. The summed E-state index contributed by atoms with van der Waals surface area (Å²) in [6.07, 6.45) is 3.99. The van der Waals surface area contributed by atoms with E-state index < -0.39 is 0 Å². The van der Waals surface area contributed by atoms with E-state index in [0.717, 1.165) is 22.7 Å². The van der Waals surface area contributed by atoms with Crippen molar-refractivity contribution >= 4 is 22.7 Å². The van der Waals surface area contributed by atoms with Gasteiger partial charge in [-0.05, 0) is 64.0 Å². The summed E-state index contributed by atoms with van der Waals surface area (Å²) in [5, 5.41) is 0. The Kier molecular flexibility index (Phi) is 7.46. The molecule has 0 saturated carbocycles. The Hall–Kier alpha value is -3.69. The van der Waals surface area contributed by atoms with Crippen LogP contribution in [0.2, 0.25) is 0 Å². The molecule has 0 spiro atoms. The summed E-state index contributed by atoms with van der Waals surface area (Å²) in [6, 6.07) is 36.0. The number of fused-ring (bicyclic) bond motifs is 1. The van der Waals surface area contributed by atoms with Gasteiger partial charge in [-0.2, -0.15) is 25.5 Å². The fraction of sp³-hybridized carbons (Fsp3) is 0.152. The van der Waals surface area contributed by atoms with Gasteiger partial charge in [0.15, 0.2) is 0 Å². The van der Waals surface area contributed by atoms with Crippen LogP contribution in [0, 0.1) is 32.4 Å². The number of benzene rings is 4. The number of rotatable bonds is 5. The van der Waals surface area contributed by atoms with Crippen LogP contribution in [0.5, 0.6) is 11.5 Å². The van der Waals surface area contributed by atoms with E-state index in [1.807, 2.05) is 66.2 Å². The summed E-state index contributed by atoms with van der Waals surface area (Å²) in [5.74, 6) is 1.27. The first-order valence-corrected chi connectivity index (χ1v) is 12.7. The van der Waals surface area contributed by atoms with Crippen molar-refractivity contribution in [2.24, 2.45) is 0 Å². The van der Waals surface area contributed by atoms with E-state index in [2.05, 4.69) is 104 Å². The largest absolute Gasteiger partial charge is 4.00 e. The van der Waals surface area contributed by atoms with Crippen molar-refractivity contribution in [2.75, 3.05) is 21.7 Å². The number of nitrogens with zero attached hydrogens (tertiary/aromatic N) is 4. The van der Waals surface area contributed by atoms with Crippen LogP contribution >= 0.6 is 0 Å². The van der Waals surface area contributed by atoms with Crippen molar-refractivity contribution in [1.29, 1.82) is 0 Å². The Morgan fingerprint density at radius 3 is 2.10 bits per heavy atom. The van der Waals surface area contributed by atoms with E-state index in [0.29, 0.717) is 11.5 Å². The van der Waals surface area contributed by atoms with Crippen LogP contribution in [-0.2, 0) is 26.6 Å². The van der Waals surface area contributed by atoms with Gasteiger partial charge in [0, 0.05) is 28.4 Å². The van der Waals surface area contributed by atoms with Crippen molar-refractivity contribution in [3.05, 3.63) is 134 Å². The van der Waals surface area contributed by atoms with Crippen molar-refractivity contribution < 1.29 is 25.8 Å². The molecule has 2 aliphatic heterocycles. The van der Waals surface area contributed by atoms with Gasteiger partial charge < -0.3 is 24.3 Å². The molecule has 0 bridgehead atoms. The average Bonchev–Trinajstić information content (AvgIpc) is 3.36. The van der Waals surface area contributed by atoms with Gasteiger partial charge in [0.2, 0.25) is 0 Å². The maximum Gasteiger partial charge on any atom is 4.00 e. The first-order chi connectivity index (χ1) is 18.4. The first kappa shape index (κ1) is 26.9. The molecular weight excluding hydrogens is 663 g/mol. The standard InChI is InChI=1S/C33H30N4O.Pt/c1-25-15-17-26(18-16-25)37-24-36(32-14-6-5-13-31(32)33(37,2)3)28-10-8-12-30(22-28)38-29-11-7-9-27(21-29)35-20-19-34(4)23-35;/h5-20,23-24H,1-4H3;/q-4;+4. The van der Waals surface area contributed by atoms with E-state index in [9.17, 15) is 0 Å².